The first-order valence-corrected chi connectivity index (χ1v) is 7.06. The minimum Gasteiger partial charge on any atom is -0.391 e. The zero-order chi connectivity index (χ0) is 13.2. The predicted molar refractivity (Wildman–Crippen MR) is 76.8 cm³/mol. The Labute approximate surface area is 116 Å². The molecule has 0 unspecified atom stereocenters. The van der Waals surface area contributed by atoms with Gasteiger partial charge in [0.25, 0.3) is 0 Å². The molecule has 0 aliphatic heterocycles. The van der Waals surface area contributed by atoms with Crippen molar-refractivity contribution in [1.82, 2.24) is 0 Å². The van der Waals surface area contributed by atoms with Crippen molar-refractivity contribution in [3.8, 4) is 6.07 Å². The number of nitrogens with zero attached hydrogens (tertiary/aromatic N) is 1. The van der Waals surface area contributed by atoms with Gasteiger partial charge in [0.2, 0.25) is 0 Å². The van der Waals surface area contributed by atoms with Gasteiger partial charge in [0, 0.05) is 21.4 Å². The molecule has 94 valence electrons. The normalized spacial score (nSPS) is 15.5. The van der Waals surface area contributed by atoms with Crippen molar-refractivity contribution < 1.29 is 5.11 Å². The minimum atomic E-state index is 0.0686. The highest BCUT2D eigenvalue weighted by Crippen LogP contribution is 2.37. The number of aliphatic hydroxyl groups is 1. The van der Waals surface area contributed by atoms with Crippen LogP contribution in [-0.2, 0) is 19.4 Å². The fourth-order valence-corrected chi connectivity index (χ4v) is 3.63. The molecule has 0 fully saturated rings. The summed E-state index contributed by atoms with van der Waals surface area (Å²) in [5.41, 5.74) is 4.53. The van der Waals surface area contributed by atoms with Crippen molar-refractivity contribution in [2.45, 2.75) is 19.4 Å². The second kappa shape index (κ2) is 5.00. The first kappa shape index (κ1) is 12.2. The van der Waals surface area contributed by atoms with Gasteiger partial charge < -0.3 is 5.11 Å². The molecule has 1 heterocycles. The van der Waals surface area contributed by atoms with E-state index in [1.807, 2.05) is 18.2 Å². The molecule has 0 amide bonds. The van der Waals surface area contributed by atoms with E-state index in [9.17, 15) is 5.11 Å². The van der Waals surface area contributed by atoms with Crippen molar-refractivity contribution in [1.29, 1.82) is 5.26 Å². The molecule has 0 saturated heterocycles. The number of nitriles is 1. The van der Waals surface area contributed by atoms with Crippen LogP contribution >= 0.6 is 11.3 Å². The largest absolute Gasteiger partial charge is 0.391 e. The molecule has 1 aromatic carbocycles. The molecule has 3 rings (SSSR count). The second-order valence-electron chi connectivity index (χ2n) is 4.55. The third-order valence-electron chi connectivity index (χ3n) is 3.44. The van der Waals surface area contributed by atoms with Crippen LogP contribution in [0.1, 0.15) is 26.4 Å². The fourth-order valence-electron chi connectivity index (χ4n) is 2.59. The van der Waals surface area contributed by atoms with Gasteiger partial charge >= 0.3 is 0 Å². The number of thiophene rings is 1. The summed E-state index contributed by atoms with van der Waals surface area (Å²) in [6.45, 7) is 0.0686. The van der Waals surface area contributed by atoms with E-state index in [4.69, 9.17) is 5.26 Å². The Morgan fingerprint density at radius 1 is 1.26 bits per heavy atom. The Kier molecular flexibility index (Phi) is 3.20. The van der Waals surface area contributed by atoms with Gasteiger partial charge in [-0.25, -0.2) is 0 Å². The van der Waals surface area contributed by atoms with Crippen LogP contribution in [0.5, 0.6) is 0 Å². The van der Waals surface area contributed by atoms with E-state index < -0.39 is 0 Å². The van der Waals surface area contributed by atoms with E-state index in [0.717, 1.165) is 34.4 Å². The van der Waals surface area contributed by atoms with E-state index in [0.29, 0.717) is 0 Å². The summed E-state index contributed by atoms with van der Waals surface area (Å²) in [6.07, 6.45) is 3.58. The van der Waals surface area contributed by atoms with Crippen LogP contribution in [0, 0.1) is 11.3 Å². The van der Waals surface area contributed by atoms with Crippen LogP contribution in [-0.4, -0.2) is 5.11 Å². The highest BCUT2D eigenvalue weighted by atomic mass is 32.1. The summed E-state index contributed by atoms with van der Waals surface area (Å²) in [4.78, 5) is 2.23. The zero-order valence-corrected chi connectivity index (χ0v) is 11.2. The lowest BCUT2D eigenvalue weighted by atomic mass is 9.96. The molecular formula is C16H13NOS. The number of benzene rings is 1. The van der Waals surface area contributed by atoms with Gasteiger partial charge in [-0.2, -0.15) is 5.26 Å². The summed E-state index contributed by atoms with van der Waals surface area (Å²) in [7, 11) is 0. The smallest absolute Gasteiger partial charge is 0.0918 e. The van der Waals surface area contributed by atoms with Crippen LogP contribution in [0.3, 0.4) is 0 Å². The molecular weight excluding hydrogens is 254 g/mol. The third kappa shape index (κ3) is 2.10. The molecule has 0 atom stereocenters. The summed E-state index contributed by atoms with van der Waals surface area (Å²) in [5.74, 6) is 0. The monoisotopic (exact) mass is 267 g/mol. The number of aryl methyl sites for hydroxylation is 2. The maximum atomic E-state index is 9.29. The van der Waals surface area contributed by atoms with Crippen molar-refractivity contribution >= 4 is 16.9 Å². The molecule has 1 aliphatic rings. The Morgan fingerprint density at radius 3 is 2.89 bits per heavy atom. The van der Waals surface area contributed by atoms with Crippen LogP contribution in [0.4, 0.5) is 0 Å². The Balaban J connectivity index is 2.23. The number of rotatable bonds is 1. The molecule has 1 aliphatic carbocycles. The summed E-state index contributed by atoms with van der Waals surface area (Å²) in [5, 5.41) is 18.3. The second-order valence-corrected chi connectivity index (χ2v) is 5.77. The van der Waals surface area contributed by atoms with Gasteiger partial charge in [0.1, 0.15) is 0 Å². The highest BCUT2D eigenvalue weighted by molar-refractivity contribution is 7.12. The van der Waals surface area contributed by atoms with Crippen molar-refractivity contribution in [3.63, 3.8) is 0 Å². The van der Waals surface area contributed by atoms with E-state index in [1.54, 1.807) is 17.4 Å². The zero-order valence-electron chi connectivity index (χ0n) is 10.4. The summed E-state index contributed by atoms with van der Waals surface area (Å²) < 4.78 is 0. The maximum Gasteiger partial charge on any atom is 0.0918 e. The lowest BCUT2D eigenvalue weighted by Crippen LogP contribution is -1.91. The highest BCUT2D eigenvalue weighted by Gasteiger charge is 2.20. The van der Waals surface area contributed by atoms with Crippen LogP contribution in [0.2, 0.25) is 0 Å². The number of fused-ring (bicyclic) bond motifs is 2. The van der Waals surface area contributed by atoms with E-state index in [2.05, 4.69) is 18.2 Å². The molecule has 0 radical (unpaired) electrons. The molecule has 19 heavy (non-hydrogen) atoms. The van der Waals surface area contributed by atoms with Crippen LogP contribution in [0.15, 0.2) is 36.4 Å². The number of allylic oxidation sites excluding steroid dienone is 1. The van der Waals surface area contributed by atoms with Gasteiger partial charge in [-0.15, -0.1) is 11.3 Å². The van der Waals surface area contributed by atoms with Gasteiger partial charge in [0.15, 0.2) is 0 Å². The molecule has 2 aromatic rings. The molecule has 0 spiro atoms. The van der Waals surface area contributed by atoms with Gasteiger partial charge in [0.05, 0.1) is 12.7 Å². The average molecular weight is 267 g/mol. The predicted octanol–water partition coefficient (Wildman–Crippen LogP) is 3.29. The lowest BCUT2D eigenvalue weighted by Gasteiger charge is -2.07. The van der Waals surface area contributed by atoms with E-state index in [1.165, 1.54) is 10.4 Å². The molecule has 1 N–H and O–H groups in total. The number of aliphatic hydroxyl groups excluding tert-OH is 1. The minimum absolute atomic E-state index is 0.0686. The van der Waals surface area contributed by atoms with E-state index >= 15 is 0 Å². The Morgan fingerprint density at radius 2 is 2.11 bits per heavy atom. The number of hydrogen-bond acceptors (Lipinski definition) is 3. The molecule has 0 bridgehead atoms. The van der Waals surface area contributed by atoms with E-state index in [-0.39, 0.29) is 6.61 Å². The standard InChI is InChI=1S/C16H13NOS/c17-8-7-14-13-4-2-1-3-11(13)5-6-16-15(14)9-12(10-18)19-16/h1-4,7,9,18H,5-6,10H2/b14-7-. The summed E-state index contributed by atoms with van der Waals surface area (Å²) >= 11 is 1.65. The molecule has 1 aromatic heterocycles. The Hall–Kier alpha value is -1.89. The first-order valence-electron chi connectivity index (χ1n) is 6.24. The maximum absolute atomic E-state index is 9.29. The Bertz CT molecular complexity index is 691. The molecule has 3 heteroatoms. The number of hydrogen-bond donors (Lipinski definition) is 1. The SMILES string of the molecule is N#C/C=C1/c2ccccc2CCc2sc(CO)cc21. The van der Waals surface area contributed by atoms with Gasteiger partial charge in [-0.3, -0.25) is 0 Å². The average Bonchev–Trinajstić information content (AvgIpc) is 2.80. The van der Waals surface area contributed by atoms with Crippen LogP contribution in [0.25, 0.3) is 5.57 Å². The van der Waals surface area contributed by atoms with Crippen molar-refractivity contribution in [2.75, 3.05) is 0 Å². The molecule has 2 nitrogen and oxygen atoms in total. The lowest BCUT2D eigenvalue weighted by molar-refractivity contribution is 0.285. The third-order valence-corrected chi connectivity index (χ3v) is 4.62. The van der Waals surface area contributed by atoms with Crippen molar-refractivity contribution in [2.24, 2.45) is 0 Å². The molecule has 0 saturated carbocycles. The quantitative estimate of drug-likeness (QED) is 0.806. The van der Waals surface area contributed by atoms with Crippen LogP contribution < -0.4 is 0 Å². The van der Waals surface area contributed by atoms with Gasteiger partial charge in [-0.05, 0) is 35.6 Å². The summed E-state index contributed by atoms with van der Waals surface area (Å²) in [6, 6.07) is 12.4. The topological polar surface area (TPSA) is 44.0 Å². The fraction of sp³-hybridized carbons (Fsp3) is 0.188. The van der Waals surface area contributed by atoms with Crippen molar-refractivity contribution in [3.05, 3.63) is 62.9 Å². The first-order chi connectivity index (χ1) is 9.33. The van der Waals surface area contributed by atoms with Gasteiger partial charge in [-0.1, -0.05) is 24.3 Å².